The zero-order chi connectivity index (χ0) is 21.3. The predicted molar refractivity (Wildman–Crippen MR) is 109 cm³/mol. The Balaban J connectivity index is 1.87. The number of aliphatic hydroxyl groups excluding tert-OH is 1. The molecule has 1 atom stereocenters. The number of ether oxygens (including phenoxy) is 1. The van der Waals surface area contributed by atoms with E-state index in [4.69, 9.17) is 10.5 Å². The van der Waals surface area contributed by atoms with Crippen LogP contribution in [0.5, 0.6) is 0 Å². The van der Waals surface area contributed by atoms with Gasteiger partial charge in [0.05, 0.1) is 30.3 Å². The van der Waals surface area contributed by atoms with Gasteiger partial charge in [0.2, 0.25) is 0 Å². The van der Waals surface area contributed by atoms with Crippen LogP contribution in [0.1, 0.15) is 39.9 Å². The second-order valence-electron chi connectivity index (χ2n) is 7.44. The van der Waals surface area contributed by atoms with Crippen LogP contribution in [0, 0.1) is 5.82 Å². The highest BCUT2D eigenvalue weighted by Gasteiger charge is 2.24. The van der Waals surface area contributed by atoms with E-state index in [-0.39, 0.29) is 29.6 Å². The molecule has 1 aliphatic rings. The molecule has 0 spiro atoms. The van der Waals surface area contributed by atoms with Gasteiger partial charge in [0.1, 0.15) is 11.4 Å². The number of fused-ring (bicyclic) bond motifs is 1. The maximum atomic E-state index is 13.2. The van der Waals surface area contributed by atoms with Crippen molar-refractivity contribution in [2.45, 2.75) is 38.5 Å². The highest BCUT2D eigenvalue weighted by molar-refractivity contribution is 5.98. The summed E-state index contributed by atoms with van der Waals surface area (Å²) in [6.45, 7) is 0.362. The number of nitrogens with zero attached hydrogens (tertiary/aromatic N) is 2. The SMILES string of the molecule is NC(=O)c1c(CO)c2ncc(Cc3ccc(F)cc3)cc2n(CC2CCCO2)c1=O. The molecule has 3 aromatic rings. The highest BCUT2D eigenvalue weighted by atomic mass is 19.1. The lowest BCUT2D eigenvalue weighted by atomic mass is 10.0. The van der Waals surface area contributed by atoms with Crippen molar-refractivity contribution in [3.8, 4) is 0 Å². The zero-order valence-corrected chi connectivity index (χ0v) is 16.3. The second kappa shape index (κ2) is 8.33. The molecule has 8 heteroatoms. The van der Waals surface area contributed by atoms with Crippen molar-refractivity contribution >= 4 is 16.9 Å². The van der Waals surface area contributed by atoms with Gasteiger partial charge in [0, 0.05) is 18.4 Å². The predicted octanol–water partition coefficient (Wildman–Crippen LogP) is 1.90. The maximum absolute atomic E-state index is 13.2. The third kappa shape index (κ3) is 3.83. The monoisotopic (exact) mass is 411 g/mol. The number of amides is 1. The molecule has 0 aliphatic carbocycles. The fraction of sp³-hybridized carbons (Fsp3) is 0.318. The van der Waals surface area contributed by atoms with Crippen LogP contribution in [0.15, 0.2) is 41.3 Å². The van der Waals surface area contributed by atoms with Crippen molar-refractivity contribution in [2.75, 3.05) is 6.61 Å². The number of halogens is 1. The summed E-state index contributed by atoms with van der Waals surface area (Å²) in [7, 11) is 0. The molecular formula is C22H22FN3O4. The maximum Gasteiger partial charge on any atom is 0.264 e. The van der Waals surface area contributed by atoms with Crippen LogP contribution in [0.4, 0.5) is 4.39 Å². The summed E-state index contributed by atoms with van der Waals surface area (Å²) >= 11 is 0. The number of carbonyl (C=O) groups excluding carboxylic acids is 1. The highest BCUT2D eigenvalue weighted by Crippen LogP contribution is 2.23. The van der Waals surface area contributed by atoms with Crippen molar-refractivity contribution in [1.82, 2.24) is 9.55 Å². The fourth-order valence-corrected chi connectivity index (χ4v) is 3.94. The molecule has 156 valence electrons. The molecule has 1 aromatic carbocycles. The van der Waals surface area contributed by atoms with E-state index >= 15 is 0 Å². The minimum absolute atomic E-state index is 0.124. The Hall–Kier alpha value is -3.10. The first kappa shape index (κ1) is 20.2. The Morgan fingerprint density at radius 1 is 1.30 bits per heavy atom. The van der Waals surface area contributed by atoms with Gasteiger partial charge in [0.15, 0.2) is 0 Å². The summed E-state index contributed by atoms with van der Waals surface area (Å²) in [5, 5.41) is 9.84. The standard InChI is InChI=1S/C22H22FN3O4/c23-15-5-3-13(4-6-15)8-14-9-18-20(25-10-14)17(12-27)19(21(24)28)22(29)26(18)11-16-2-1-7-30-16/h3-6,9-10,16,27H,1-2,7-8,11-12H2,(H2,24,28). The molecule has 1 unspecified atom stereocenters. The topological polar surface area (TPSA) is 107 Å². The fourth-order valence-electron chi connectivity index (χ4n) is 3.94. The summed E-state index contributed by atoms with van der Waals surface area (Å²) in [5.41, 5.74) is 7.32. The number of primary amides is 1. The Labute approximate surface area is 171 Å². The lowest BCUT2D eigenvalue weighted by Gasteiger charge is -2.18. The zero-order valence-electron chi connectivity index (χ0n) is 16.3. The van der Waals surface area contributed by atoms with Gasteiger partial charge < -0.3 is 20.1 Å². The summed E-state index contributed by atoms with van der Waals surface area (Å²) in [4.78, 5) is 29.5. The smallest absolute Gasteiger partial charge is 0.264 e. The molecule has 0 radical (unpaired) electrons. The van der Waals surface area contributed by atoms with Crippen LogP contribution < -0.4 is 11.3 Å². The van der Waals surface area contributed by atoms with Gasteiger partial charge in [-0.3, -0.25) is 14.6 Å². The van der Waals surface area contributed by atoms with Crippen LogP contribution in [0.3, 0.4) is 0 Å². The molecule has 1 fully saturated rings. The van der Waals surface area contributed by atoms with Gasteiger partial charge in [-0.1, -0.05) is 12.1 Å². The molecule has 4 rings (SSSR count). The lowest BCUT2D eigenvalue weighted by molar-refractivity contribution is 0.0956. The normalized spacial score (nSPS) is 16.3. The molecule has 0 bridgehead atoms. The summed E-state index contributed by atoms with van der Waals surface area (Å²) in [6.07, 6.45) is 3.68. The van der Waals surface area contributed by atoms with E-state index in [1.54, 1.807) is 18.3 Å². The van der Waals surface area contributed by atoms with Gasteiger partial charge in [0.25, 0.3) is 11.5 Å². The van der Waals surface area contributed by atoms with Gasteiger partial charge in [-0.2, -0.15) is 0 Å². The first-order valence-electron chi connectivity index (χ1n) is 9.79. The molecule has 7 nitrogen and oxygen atoms in total. The molecule has 30 heavy (non-hydrogen) atoms. The van der Waals surface area contributed by atoms with E-state index in [0.717, 1.165) is 24.0 Å². The molecule has 0 saturated carbocycles. The van der Waals surface area contributed by atoms with Crippen molar-refractivity contribution in [2.24, 2.45) is 5.73 Å². The van der Waals surface area contributed by atoms with Crippen molar-refractivity contribution in [3.63, 3.8) is 0 Å². The third-order valence-corrected chi connectivity index (χ3v) is 5.40. The number of carbonyl (C=O) groups is 1. The van der Waals surface area contributed by atoms with Crippen molar-refractivity contribution in [3.05, 3.63) is 75.0 Å². The molecule has 3 N–H and O–H groups in total. The molecule has 1 saturated heterocycles. The van der Waals surface area contributed by atoms with E-state index in [9.17, 15) is 19.1 Å². The van der Waals surface area contributed by atoms with Crippen LogP contribution in [-0.4, -0.2) is 33.3 Å². The third-order valence-electron chi connectivity index (χ3n) is 5.40. The first-order valence-corrected chi connectivity index (χ1v) is 9.79. The Morgan fingerprint density at radius 2 is 2.07 bits per heavy atom. The number of hydrogen-bond donors (Lipinski definition) is 2. The lowest BCUT2D eigenvalue weighted by Crippen LogP contribution is -2.34. The minimum atomic E-state index is -0.899. The number of aliphatic hydroxyl groups is 1. The average Bonchev–Trinajstić information content (AvgIpc) is 3.24. The largest absolute Gasteiger partial charge is 0.392 e. The molecular weight excluding hydrogens is 389 g/mol. The molecule has 3 heterocycles. The van der Waals surface area contributed by atoms with E-state index in [1.807, 2.05) is 6.07 Å². The molecule has 1 aliphatic heterocycles. The molecule has 1 amide bonds. The van der Waals surface area contributed by atoms with E-state index in [2.05, 4.69) is 4.98 Å². The van der Waals surface area contributed by atoms with Gasteiger partial charge in [-0.25, -0.2) is 4.39 Å². The number of nitrogens with two attached hydrogens (primary N) is 1. The minimum Gasteiger partial charge on any atom is -0.392 e. The quantitative estimate of drug-likeness (QED) is 0.644. The van der Waals surface area contributed by atoms with Crippen LogP contribution in [-0.2, 0) is 24.3 Å². The van der Waals surface area contributed by atoms with Crippen LogP contribution in [0.2, 0.25) is 0 Å². The average molecular weight is 411 g/mol. The first-order chi connectivity index (χ1) is 14.5. The van der Waals surface area contributed by atoms with Crippen LogP contribution >= 0.6 is 0 Å². The van der Waals surface area contributed by atoms with Gasteiger partial charge in [-0.15, -0.1) is 0 Å². The number of hydrogen-bond acceptors (Lipinski definition) is 5. The van der Waals surface area contributed by atoms with E-state index in [0.29, 0.717) is 24.1 Å². The second-order valence-corrected chi connectivity index (χ2v) is 7.44. The molecule has 2 aromatic heterocycles. The van der Waals surface area contributed by atoms with Crippen molar-refractivity contribution < 1.29 is 19.0 Å². The Kier molecular flexibility index (Phi) is 5.61. The number of pyridine rings is 2. The van der Waals surface area contributed by atoms with Crippen LogP contribution in [0.25, 0.3) is 11.0 Å². The number of aromatic nitrogens is 2. The van der Waals surface area contributed by atoms with E-state index in [1.165, 1.54) is 16.7 Å². The number of rotatable bonds is 6. The summed E-state index contributed by atoms with van der Waals surface area (Å²) in [5.74, 6) is -1.21. The summed E-state index contributed by atoms with van der Waals surface area (Å²) < 4.78 is 20.3. The summed E-state index contributed by atoms with van der Waals surface area (Å²) in [6, 6.07) is 7.97. The van der Waals surface area contributed by atoms with Gasteiger partial charge >= 0.3 is 0 Å². The van der Waals surface area contributed by atoms with Gasteiger partial charge in [-0.05, 0) is 48.6 Å². The van der Waals surface area contributed by atoms with Crippen molar-refractivity contribution in [1.29, 1.82) is 0 Å². The Morgan fingerprint density at radius 3 is 2.70 bits per heavy atom. The number of benzene rings is 1. The Bertz CT molecular complexity index is 1150. The van der Waals surface area contributed by atoms with E-state index < -0.39 is 18.1 Å².